The summed E-state index contributed by atoms with van der Waals surface area (Å²) in [7, 11) is 0. The smallest absolute Gasteiger partial charge is 0.224 e. The summed E-state index contributed by atoms with van der Waals surface area (Å²) in [5.74, 6) is -3.15. The zero-order valence-electron chi connectivity index (χ0n) is 17.0. The van der Waals surface area contributed by atoms with Crippen LogP contribution >= 0.6 is 0 Å². The highest BCUT2D eigenvalue weighted by Gasteiger charge is 2.24. The lowest BCUT2D eigenvalue weighted by Crippen LogP contribution is -2.53. The molecule has 166 valence electrons. The third-order valence-electron chi connectivity index (χ3n) is 4.69. The van der Waals surface area contributed by atoms with Gasteiger partial charge in [-0.05, 0) is 24.5 Å². The van der Waals surface area contributed by atoms with Gasteiger partial charge in [-0.1, -0.05) is 6.92 Å². The van der Waals surface area contributed by atoms with E-state index in [1.165, 1.54) is 0 Å². The standard InChI is InChI=1S/C19H28F3N7O/c1-2-3-26-18(24)27-19(25)29-6-4-28(5-7-29)17(30)10-13(23)8-12-9-15(21)16(22)11-14(12)20/h9,11,13H,2-8,10,23H2,1H3,(H4,24,25,26,27)/t13-/m1/s1. The molecular weight excluding hydrogens is 399 g/mol. The maximum atomic E-state index is 13.8. The molecule has 30 heavy (non-hydrogen) atoms. The zero-order valence-corrected chi connectivity index (χ0v) is 17.0. The molecule has 0 aromatic heterocycles. The number of nitrogens with zero attached hydrogens (tertiary/aromatic N) is 4. The number of hydrogen-bond acceptors (Lipinski definition) is 3. The van der Waals surface area contributed by atoms with Gasteiger partial charge in [0.2, 0.25) is 11.9 Å². The number of piperazine rings is 1. The van der Waals surface area contributed by atoms with E-state index in [0.717, 1.165) is 12.5 Å². The molecule has 0 spiro atoms. The van der Waals surface area contributed by atoms with Crippen molar-refractivity contribution in [2.24, 2.45) is 27.2 Å². The lowest BCUT2D eigenvalue weighted by Gasteiger charge is -2.35. The number of hydrogen-bond donors (Lipinski definition) is 3. The predicted octanol–water partition coefficient (Wildman–Crippen LogP) is 0.547. The highest BCUT2D eigenvalue weighted by Crippen LogP contribution is 2.16. The quantitative estimate of drug-likeness (QED) is 0.347. The van der Waals surface area contributed by atoms with Crippen LogP contribution < -0.4 is 17.2 Å². The molecule has 1 saturated heterocycles. The van der Waals surface area contributed by atoms with Gasteiger partial charge in [-0.3, -0.25) is 9.79 Å². The monoisotopic (exact) mass is 427 g/mol. The van der Waals surface area contributed by atoms with Crippen LogP contribution in [0.3, 0.4) is 0 Å². The van der Waals surface area contributed by atoms with Crippen molar-refractivity contribution in [3.05, 3.63) is 35.1 Å². The summed E-state index contributed by atoms with van der Waals surface area (Å²) in [6.45, 7) is 4.30. The van der Waals surface area contributed by atoms with E-state index in [2.05, 4.69) is 9.98 Å². The van der Waals surface area contributed by atoms with Gasteiger partial charge < -0.3 is 27.0 Å². The van der Waals surface area contributed by atoms with E-state index in [0.29, 0.717) is 38.8 Å². The van der Waals surface area contributed by atoms with Crippen LogP contribution in [0.25, 0.3) is 0 Å². The molecule has 1 aliphatic heterocycles. The van der Waals surface area contributed by atoms with Crippen molar-refractivity contribution >= 4 is 17.8 Å². The molecule has 6 N–H and O–H groups in total. The summed E-state index contributed by atoms with van der Waals surface area (Å²) >= 11 is 0. The van der Waals surface area contributed by atoms with Gasteiger partial charge in [0.25, 0.3) is 0 Å². The topological polar surface area (TPSA) is 126 Å². The molecule has 0 aliphatic carbocycles. The molecule has 1 atom stereocenters. The molecule has 1 aromatic carbocycles. The van der Waals surface area contributed by atoms with Gasteiger partial charge in [0.05, 0.1) is 0 Å². The number of guanidine groups is 2. The highest BCUT2D eigenvalue weighted by atomic mass is 19.2. The normalized spacial score (nSPS) is 16.7. The molecule has 11 heteroatoms. The predicted molar refractivity (Wildman–Crippen MR) is 109 cm³/mol. The van der Waals surface area contributed by atoms with E-state index in [1.807, 2.05) is 6.92 Å². The number of carbonyl (C=O) groups excluding carboxylic acids is 1. The van der Waals surface area contributed by atoms with Gasteiger partial charge in [0.1, 0.15) is 5.82 Å². The van der Waals surface area contributed by atoms with Crippen molar-refractivity contribution in [1.82, 2.24) is 9.80 Å². The Morgan fingerprint density at radius 3 is 2.30 bits per heavy atom. The second-order valence-corrected chi connectivity index (χ2v) is 7.10. The number of carbonyl (C=O) groups is 1. The molecule has 0 bridgehead atoms. The largest absolute Gasteiger partial charge is 0.369 e. The minimum Gasteiger partial charge on any atom is -0.369 e. The molecule has 1 amide bonds. The van der Waals surface area contributed by atoms with Crippen LogP contribution in [0.5, 0.6) is 0 Å². The molecule has 1 aliphatic rings. The van der Waals surface area contributed by atoms with Crippen LogP contribution in [0, 0.1) is 17.5 Å². The first-order chi connectivity index (χ1) is 14.2. The Hall–Kier alpha value is -2.82. The fourth-order valence-electron chi connectivity index (χ4n) is 3.06. The van der Waals surface area contributed by atoms with Crippen LogP contribution in [-0.2, 0) is 11.2 Å². The van der Waals surface area contributed by atoms with Crippen LogP contribution in [0.4, 0.5) is 13.2 Å². The highest BCUT2D eigenvalue weighted by molar-refractivity contribution is 5.93. The lowest BCUT2D eigenvalue weighted by atomic mass is 10.0. The minimum absolute atomic E-state index is 0.0430. The Labute approximate surface area is 173 Å². The van der Waals surface area contributed by atoms with Gasteiger partial charge in [-0.2, -0.15) is 4.99 Å². The van der Waals surface area contributed by atoms with Gasteiger partial charge in [0.15, 0.2) is 17.6 Å². The minimum atomic E-state index is -1.26. The van der Waals surface area contributed by atoms with Crippen molar-refractivity contribution in [3.63, 3.8) is 0 Å². The molecule has 8 nitrogen and oxygen atoms in total. The van der Waals surface area contributed by atoms with E-state index in [9.17, 15) is 18.0 Å². The number of benzene rings is 1. The molecular formula is C19H28F3N7O. The van der Waals surface area contributed by atoms with Crippen molar-refractivity contribution < 1.29 is 18.0 Å². The summed E-state index contributed by atoms with van der Waals surface area (Å²) < 4.78 is 40.1. The number of rotatable bonds is 6. The molecule has 1 fully saturated rings. The third-order valence-corrected chi connectivity index (χ3v) is 4.69. The number of amides is 1. The number of halogens is 3. The Bertz CT molecular complexity index is 808. The lowest BCUT2D eigenvalue weighted by molar-refractivity contribution is -0.132. The van der Waals surface area contributed by atoms with Gasteiger partial charge in [-0.15, -0.1) is 0 Å². The molecule has 0 saturated carbocycles. The van der Waals surface area contributed by atoms with Gasteiger partial charge in [0, 0.05) is 51.3 Å². The molecule has 1 heterocycles. The van der Waals surface area contributed by atoms with Crippen molar-refractivity contribution in [2.75, 3.05) is 32.7 Å². The molecule has 0 unspecified atom stereocenters. The SMILES string of the molecule is CCCN=C(N)/N=C(\N)N1CCN(C(=O)C[C@H](N)Cc2cc(F)c(F)cc2F)CC1. The first-order valence-electron chi connectivity index (χ1n) is 9.77. The van der Waals surface area contributed by atoms with Crippen LogP contribution in [0.1, 0.15) is 25.3 Å². The maximum absolute atomic E-state index is 13.8. The van der Waals surface area contributed by atoms with Crippen molar-refractivity contribution in [1.29, 1.82) is 0 Å². The first-order valence-corrected chi connectivity index (χ1v) is 9.77. The van der Waals surface area contributed by atoms with Crippen LogP contribution in [-0.4, -0.2) is 66.4 Å². The van der Waals surface area contributed by atoms with E-state index in [1.54, 1.807) is 9.80 Å². The molecule has 2 rings (SSSR count). The Balaban J connectivity index is 1.85. The second kappa shape index (κ2) is 10.8. The van der Waals surface area contributed by atoms with Crippen molar-refractivity contribution in [3.8, 4) is 0 Å². The number of nitrogens with two attached hydrogens (primary N) is 3. The summed E-state index contributed by atoms with van der Waals surface area (Å²) in [6.07, 6.45) is 0.727. The van der Waals surface area contributed by atoms with Gasteiger partial charge in [-0.25, -0.2) is 13.2 Å². The summed E-state index contributed by atoms with van der Waals surface area (Å²) in [4.78, 5) is 24.0. The summed E-state index contributed by atoms with van der Waals surface area (Å²) in [5.41, 5.74) is 17.5. The average molecular weight is 427 g/mol. The molecule has 0 radical (unpaired) electrons. The zero-order chi connectivity index (χ0) is 22.3. The fraction of sp³-hybridized carbons (Fsp3) is 0.526. The van der Waals surface area contributed by atoms with Crippen molar-refractivity contribution in [2.45, 2.75) is 32.2 Å². The molecule has 1 aromatic rings. The van der Waals surface area contributed by atoms with E-state index in [-0.39, 0.29) is 36.2 Å². The second-order valence-electron chi connectivity index (χ2n) is 7.10. The van der Waals surface area contributed by atoms with Crippen LogP contribution in [0.15, 0.2) is 22.1 Å². The Kier molecular flexibility index (Phi) is 8.46. The number of aliphatic imine (C=N–C) groups is 2. The fourth-order valence-corrected chi connectivity index (χ4v) is 3.06. The first kappa shape index (κ1) is 23.5. The van der Waals surface area contributed by atoms with E-state index >= 15 is 0 Å². The maximum Gasteiger partial charge on any atom is 0.224 e. The summed E-state index contributed by atoms with van der Waals surface area (Å²) in [6, 6.07) is 0.520. The van der Waals surface area contributed by atoms with E-state index < -0.39 is 23.5 Å². The Morgan fingerprint density at radius 2 is 1.67 bits per heavy atom. The van der Waals surface area contributed by atoms with E-state index in [4.69, 9.17) is 17.2 Å². The summed E-state index contributed by atoms with van der Waals surface area (Å²) in [5, 5.41) is 0. The van der Waals surface area contributed by atoms with Crippen LogP contribution in [0.2, 0.25) is 0 Å². The van der Waals surface area contributed by atoms with Gasteiger partial charge >= 0.3 is 0 Å². The average Bonchev–Trinajstić information content (AvgIpc) is 2.70. The Morgan fingerprint density at radius 1 is 1.07 bits per heavy atom. The third kappa shape index (κ3) is 6.61.